The summed E-state index contributed by atoms with van der Waals surface area (Å²) >= 11 is 1.06. The first-order valence-corrected chi connectivity index (χ1v) is 8.04. The Labute approximate surface area is 111 Å². The van der Waals surface area contributed by atoms with Crippen molar-refractivity contribution in [2.45, 2.75) is 36.0 Å². The van der Waals surface area contributed by atoms with Crippen LogP contribution >= 0.6 is 11.5 Å². The summed E-state index contributed by atoms with van der Waals surface area (Å²) in [4.78, 5) is 1.85. The first kappa shape index (κ1) is 13.6. The minimum atomic E-state index is -3.37. The predicted molar refractivity (Wildman–Crippen MR) is 71.7 cm³/mol. The number of likely N-dealkylation sites (N-methyl/N-ethyl adjacent to an activating group) is 1. The average Bonchev–Trinajstić information content (AvgIpc) is 3.11. The van der Waals surface area contributed by atoms with Gasteiger partial charge in [0.2, 0.25) is 0 Å². The van der Waals surface area contributed by atoms with Crippen molar-refractivity contribution in [2.24, 2.45) is 0 Å². The molecule has 1 fully saturated rings. The number of nitrogens with zero attached hydrogens (tertiary/aromatic N) is 2. The van der Waals surface area contributed by atoms with Gasteiger partial charge in [-0.1, -0.05) is 0 Å². The summed E-state index contributed by atoms with van der Waals surface area (Å²) in [6.07, 6.45) is 1.38. The fraction of sp³-hybridized carbons (Fsp3) is 0.700. The maximum Gasteiger partial charge on any atom is 0.187 e. The Balaban J connectivity index is 2.45. The lowest BCUT2D eigenvalue weighted by molar-refractivity contribution is 0.270. The van der Waals surface area contributed by atoms with E-state index in [4.69, 9.17) is 10.8 Å². The number of anilines is 2. The molecule has 102 valence electrons. The highest BCUT2D eigenvalue weighted by atomic mass is 32.2. The van der Waals surface area contributed by atoms with Crippen LogP contribution in [0.15, 0.2) is 4.90 Å². The van der Waals surface area contributed by atoms with E-state index in [-0.39, 0.29) is 28.6 Å². The van der Waals surface area contributed by atoms with Gasteiger partial charge in [0.05, 0.1) is 11.9 Å². The molecule has 3 N–H and O–H groups in total. The third kappa shape index (κ3) is 2.19. The molecule has 0 aliphatic heterocycles. The van der Waals surface area contributed by atoms with Crippen LogP contribution in [0.25, 0.3) is 0 Å². The molecule has 1 atom stereocenters. The molecule has 1 aliphatic carbocycles. The van der Waals surface area contributed by atoms with Crippen LogP contribution in [0.1, 0.15) is 19.8 Å². The Morgan fingerprint density at radius 2 is 2.22 bits per heavy atom. The molecular weight excluding hydrogens is 274 g/mol. The van der Waals surface area contributed by atoms with Crippen LogP contribution < -0.4 is 10.6 Å². The number of aliphatic hydroxyl groups is 1. The summed E-state index contributed by atoms with van der Waals surface area (Å²) in [6.45, 7) is 1.75. The minimum Gasteiger partial charge on any atom is -0.394 e. The van der Waals surface area contributed by atoms with Crippen molar-refractivity contribution in [3.63, 3.8) is 0 Å². The van der Waals surface area contributed by atoms with Crippen LogP contribution in [0.5, 0.6) is 0 Å². The lowest BCUT2D eigenvalue weighted by Crippen LogP contribution is -2.32. The summed E-state index contributed by atoms with van der Waals surface area (Å²) in [5.74, 6) is 0.0684. The lowest BCUT2D eigenvalue weighted by atomic mass is 10.3. The number of hydrogen-bond donors (Lipinski definition) is 2. The highest BCUT2D eigenvalue weighted by molar-refractivity contribution is 7.92. The molecular formula is C10H17N3O3S2. The van der Waals surface area contributed by atoms with E-state index in [9.17, 15) is 8.42 Å². The van der Waals surface area contributed by atoms with Crippen LogP contribution in [0.4, 0.5) is 10.8 Å². The van der Waals surface area contributed by atoms with E-state index in [2.05, 4.69) is 4.37 Å². The fourth-order valence-corrected chi connectivity index (χ4v) is 4.75. The zero-order chi connectivity index (χ0) is 13.5. The van der Waals surface area contributed by atoms with Crippen molar-refractivity contribution in [1.82, 2.24) is 4.37 Å². The molecule has 6 nitrogen and oxygen atoms in total. The van der Waals surface area contributed by atoms with Gasteiger partial charge < -0.3 is 15.7 Å². The fourth-order valence-electron chi connectivity index (χ4n) is 1.64. The van der Waals surface area contributed by atoms with E-state index in [0.717, 1.165) is 11.5 Å². The van der Waals surface area contributed by atoms with Gasteiger partial charge in [0, 0.05) is 13.1 Å². The van der Waals surface area contributed by atoms with E-state index in [1.165, 1.54) is 0 Å². The molecule has 1 aromatic heterocycles. The van der Waals surface area contributed by atoms with Crippen LogP contribution in [-0.2, 0) is 9.84 Å². The van der Waals surface area contributed by atoms with E-state index in [1.54, 1.807) is 11.9 Å². The topological polar surface area (TPSA) is 96.5 Å². The molecule has 8 heteroatoms. The summed E-state index contributed by atoms with van der Waals surface area (Å²) < 4.78 is 28.6. The maximum atomic E-state index is 12.3. The van der Waals surface area contributed by atoms with Gasteiger partial charge in [-0.15, -0.1) is 0 Å². The molecule has 1 aliphatic rings. The van der Waals surface area contributed by atoms with Gasteiger partial charge in [-0.2, -0.15) is 4.37 Å². The lowest BCUT2D eigenvalue weighted by Gasteiger charge is -2.24. The summed E-state index contributed by atoms with van der Waals surface area (Å²) in [7, 11) is -1.64. The Hall–Kier alpha value is -0.860. The normalized spacial score (nSPS) is 17.7. The summed E-state index contributed by atoms with van der Waals surface area (Å²) in [5, 5.41) is 9.35. The van der Waals surface area contributed by atoms with Crippen molar-refractivity contribution in [1.29, 1.82) is 0 Å². The number of aliphatic hydroxyl groups excluding tert-OH is 1. The smallest absolute Gasteiger partial charge is 0.187 e. The first-order valence-electron chi connectivity index (χ1n) is 5.72. The third-order valence-corrected chi connectivity index (χ3v) is 6.55. The molecule has 18 heavy (non-hydrogen) atoms. The molecule has 2 rings (SSSR count). The van der Waals surface area contributed by atoms with Gasteiger partial charge in [-0.25, -0.2) is 8.42 Å². The van der Waals surface area contributed by atoms with Gasteiger partial charge >= 0.3 is 0 Å². The van der Waals surface area contributed by atoms with Gasteiger partial charge in [0.15, 0.2) is 15.7 Å². The Kier molecular flexibility index (Phi) is 3.52. The molecule has 0 saturated heterocycles. The Morgan fingerprint density at radius 3 is 2.72 bits per heavy atom. The average molecular weight is 291 g/mol. The maximum absolute atomic E-state index is 12.3. The molecule has 0 amide bonds. The Bertz CT molecular complexity index is 537. The van der Waals surface area contributed by atoms with Gasteiger partial charge in [0.25, 0.3) is 0 Å². The van der Waals surface area contributed by atoms with Crippen LogP contribution in [0.3, 0.4) is 0 Å². The molecule has 0 radical (unpaired) electrons. The highest BCUT2D eigenvalue weighted by Gasteiger charge is 2.41. The van der Waals surface area contributed by atoms with Crippen molar-refractivity contribution in [3.05, 3.63) is 0 Å². The third-order valence-electron chi connectivity index (χ3n) is 3.15. The van der Waals surface area contributed by atoms with E-state index in [1.807, 2.05) is 6.92 Å². The second-order valence-electron chi connectivity index (χ2n) is 4.59. The second-order valence-corrected chi connectivity index (χ2v) is 7.51. The molecule has 1 saturated carbocycles. The minimum absolute atomic E-state index is 0.0583. The molecule has 1 heterocycles. The molecule has 0 spiro atoms. The van der Waals surface area contributed by atoms with Gasteiger partial charge in [-0.05, 0) is 31.3 Å². The zero-order valence-electron chi connectivity index (χ0n) is 10.3. The van der Waals surface area contributed by atoms with E-state index >= 15 is 0 Å². The number of rotatable bonds is 5. The number of hydrogen-bond acceptors (Lipinski definition) is 7. The van der Waals surface area contributed by atoms with Crippen molar-refractivity contribution < 1.29 is 13.5 Å². The van der Waals surface area contributed by atoms with Crippen molar-refractivity contribution in [2.75, 3.05) is 24.3 Å². The zero-order valence-corrected chi connectivity index (χ0v) is 12.0. The SMILES string of the molecule is CC(CO)N(C)c1snc(N)c1S(=O)(=O)C1CC1. The van der Waals surface area contributed by atoms with Crippen molar-refractivity contribution >= 4 is 32.2 Å². The van der Waals surface area contributed by atoms with Crippen LogP contribution in [0, 0.1) is 0 Å². The van der Waals surface area contributed by atoms with E-state index < -0.39 is 9.84 Å². The van der Waals surface area contributed by atoms with Crippen LogP contribution in [0.2, 0.25) is 0 Å². The monoisotopic (exact) mass is 291 g/mol. The summed E-state index contributed by atoms with van der Waals surface area (Å²) in [5.41, 5.74) is 5.70. The van der Waals surface area contributed by atoms with Crippen molar-refractivity contribution in [3.8, 4) is 0 Å². The standard InChI is InChI=1S/C10H17N3O3S2/c1-6(5-14)13(2)10-8(9(11)12-17-10)18(15,16)7-3-4-7/h6-7,14H,3-5H2,1-2H3,(H2,11,12). The molecule has 0 aromatic carbocycles. The van der Waals surface area contributed by atoms with E-state index in [0.29, 0.717) is 17.8 Å². The van der Waals surface area contributed by atoms with Gasteiger partial charge in [-0.3, -0.25) is 0 Å². The number of nitrogens with two attached hydrogens (primary N) is 1. The first-order chi connectivity index (χ1) is 8.39. The number of aromatic nitrogens is 1. The van der Waals surface area contributed by atoms with Crippen LogP contribution in [-0.4, -0.2) is 42.8 Å². The highest BCUT2D eigenvalue weighted by Crippen LogP contribution is 2.42. The molecule has 1 unspecified atom stereocenters. The quantitative estimate of drug-likeness (QED) is 0.819. The second kappa shape index (κ2) is 4.67. The largest absolute Gasteiger partial charge is 0.394 e. The number of nitrogen functional groups attached to an aromatic ring is 1. The number of sulfone groups is 1. The van der Waals surface area contributed by atoms with Gasteiger partial charge in [0.1, 0.15) is 9.90 Å². The molecule has 1 aromatic rings. The predicted octanol–water partition coefficient (Wildman–Crippen LogP) is 0.478. The summed E-state index contributed by atoms with van der Waals surface area (Å²) in [6, 6.07) is -0.182. The molecule has 0 bridgehead atoms. The Morgan fingerprint density at radius 1 is 1.61 bits per heavy atom.